The number of morpholine rings is 1. The zero-order valence-corrected chi connectivity index (χ0v) is 33.5. The summed E-state index contributed by atoms with van der Waals surface area (Å²) in [5.74, 6) is 1.05. The summed E-state index contributed by atoms with van der Waals surface area (Å²) in [6, 6.07) is 27.2. The average Bonchev–Trinajstić information content (AvgIpc) is 3.97. The Morgan fingerprint density at radius 1 is 0.793 bits per heavy atom. The second-order valence-corrected chi connectivity index (χ2v) is 15.9. The van der Waals surface area contributed by atoms with Crippen LogP contribution < -0.4 is 19.3 Å². The average molecular weight is 802 g/mol. The van der Waals surface area contributed by atoms with E-state index in [0.717, 1.165) is 93.0 Å². The molecule has 1 atom stereocenters. The molecule has 11 nitrogen and oxygen atoms in total. The number of carbonyl (C=O) groups is 2. The van der Waals surface area contributed by atoms with Crippen LogP contribution >= 0.6 is 12.4 Å². The third kappa shape index (κ3) is 6.84. The smallest absolute Gasteiger partial charge is 0.264 e. The summed E-state index contributed by atoms with van der Waals surface area (Å²) in [7, 11) is 2.09. The molecule has 0 saturated carbocycles. The van der Waals surface area contributed by atoms with Crippen LogP contribution in [0.4, 0.5) is 17.1 Å². The van der Waals surface area contributed by atoms with Crippen molar-refractivity contribution in [3.8, 4) is 28.5 Å². The fourth-order valence-electron chi connectivity index (χ4n) is 9.44. The number of hydrogen-bond acceptors (Lipinski definition) is 8. The third-order valence-electron chi connectivity index (χ3n) is 12.5. The van der Waals surface area contributed by atoms with E-state index in [9.17, 15) is 5.11 Å². The van der Waals surface area contributed by atoms with E-state index in [1.165, 1.54) is 16.8 Å². The van der Waals surface area contributed by atoms with E-state index in [-0.39, 0.29) is 42.8 Å². The molecule has 5 aliphatic heterocycles. The Morgan fingerprint density at radius 2 is 1.55 bits per heavy atom. The largest absolute Gasteiger partial charge is 0.508 e. The van der Waals surface area contributed by atoms with Gasteiger partial charge in [0.15, 0.2) is 11.5 Å². The highest BCUT2D eigenvalue weighted by atomic mass is 35.5. The van der Waals surface area contributed by atoms with Crippen LogP contribution in [0.15, 0.2) is 84.9 Å². The number of nitrogens with zero attached hydrogens (tertiary/aromatic N) is 5. The van der Waals surface area contributed by atoms with Crippen LogP contribution in [0.25, 0.3) is 11.3 Å². The number of likely N-dealkylation sites (N-methyl/N-ethyl adjacent to an activating group) is 1. The number of anilines is 3. The van der Waals surface area contributed by atoms with E-state index in [1.807, 2.05) is 35.2 Å². The summed E-state index contributed by atoms with van der Waals surface area (Å²) in [5.41, 5.74) is 9.88. The molecule has 0 radical (unpaired) electrons. The molecular formula is C46H48ClN5O6. The van der Waals surface area contributed by atoms with E-state index < -0.39 is 0 Å². The third-order valence-corrected chi connectivity index (χ3v) is 12.5. The molecule has 1 fully saturated rings. The number of aromatic nitrogens is 1. The minimum atomic E-state index is -0.157. The number of carbonyl (C=O) groups excluding carboxylic acids is 2. The minimum Gasteiger partial charge on any atom is -0.508 e. The number of hydrogen-bond donors (Lipinski definition) is 1. The molecule has 10 rings (SSSR count). The maximum atomic E-state index is 15.3. The summed E-state index contributed by atoms with van der Waals surface area (Å²) in [5, 5.41) is 10.2. The second-order valence-electron chi connectivity index (χ2n) is 15.9. The number of amides is 2. The van der Waals surface area contributed by atoms with E-state index in [1.54, 1.807) is 29.2 Å². The molecule has 58 heavy (non-hydrogen) atoms. The van der Waals surface area contributed by atoms with Crippen molar-refractivity contribution in [2.75, 3.05) is 63.0 Å². The van der Waals surface area contributed by atoms with Gasteiger partial charge in [-0.3, -0.25) is 19.4 Å². The lowest BCUT2D eigenvalue weighted by Gasteiger charge is -2.40. The molecule has 0 spiro atoms. The lowest BCUT2D eigenvalue weighted by molar-refractivity contribution is 0.0193. The molecule has 0 aliphatic carbocycles. The number of rotatable bonds is 7. The molecule has 4 aromatic carbocycles. The minimum absolute atomic E-state index is 0. The number of fused-ring (bicyclic) bond motifs is 4. The van der Waals surface area contributed by atoms with Gasteiger partial charge in [0.05, 0.1) is 24.3 Å². The van der Waals surface area contributed by atoms with Gasteiger partial charge in [-0.25, -0.2) is 0 Å². The summed E-state index contributed by atoms with van der Waals surface area (Å²) in [6.07, 6.45) is 4.32. The van der Waals surface area contributed by atoms with Crippen LogP contribution in [0.3, 0.4) is 0 Å². The SMILES string of the molecule is CN1CCc2cc(N(C(=O)c3cc(-c4cc5c(cc4C(=O)N4Cc6ccccc6C[C@H]4CN4CCOCC4)OCO5)n4c3CCCC4)c3ccc(O)cc3)ccc21.Cl. The van der Waals surface area contributed by atoms with Crippen molar-refractivity contribution in [3.05, 3.63) is 118 Å². The molecule has 5 aliphatic rings. The predicted octanol–water partition coefficient (Wildman–Crippen LogP) is 7.22. The second kappa shape index (κ2) is 15.7. The lowest BCUT2D eigenvalue weighted by atomic mass is 9.92. The van der Waals surface area contributed by atoms with Crippen LogP contribution in [-0.4, -0.2) is 90.6 Å². The number of phenolic OH excluding ortho intramolecular Hbond substituents is 1. The van der Waals surface area contributed by atoms with Crippen molar-refractivity contribution >= 4 is 41.3 Å². The Morgan fingerprint density at radius 3 is 2.36 bits per heavy atom. The maximum absolute atomic E-state index is 15.3. The van der Waals surface area contributed by atoms with Crippen LogP contribution in [0, 0.1) is 0 Å². The van der Waals surface area contributed by atoms with Crippen molar-refractivity contribution in [2.45, 2.75) is 51.2 Å². The highest BCUT2D eigenvalue weighted by molar-refractivity contribution is 6.13. The molecule has 1 aromatic heterocycles. The first kappa shape index (κ1) is 38.1. The summed E-state index contributed by atoms with van der Waals surface area (Å²) >= 11 is 0. The van der Waals surface area contributed by atoms with E-state index in [0.29, 0.717) is 48.1 Å². The van der Waals surface area contributed by atoms with Crippen LogP contribution in [0.5, 0.6) is 17.2 Å². The first-order valence-corrected chi connectivity index (χ1v) is 20.2. The molecule has 1 N–H and O–H groups in total. The number of benzene rings is 4. The summed E-state index contributed by atoms with van der Waals surface area (Å²) < 4.78 is 19.7. The molecule has 300 valence electrons. The first-order valence-electron chi connectivity index (χ1n) is 20.2. The van der Waals surface area contributed by atoms with Gasteiger partial charge in [0.1, 0.15) is 5.75 Å². The molecule has 6 heterocycles. The number of ether oxygens (including phenoxy) is 3. The zero-order valence-electron chi connectivity index (χ0n) is 32.7. The lowest BCUT2D eigenvalue weighted by Crippen LogP contribution is -2.52. The Labute approximate surface area is 344 Å². The van der Waals surface area contributed by atoms with Gasteiger partial charge in [-0.05, 0) is 109 Å². The molecule has 0 unspecified atom stereocenters. The van der Waals surface area contributed by atoms with E-state index >= 15 is 9.59 Å². The quantitative estimate of drug-likeness (QED) is 0.184. The van der Waals surface area contributed by atoms with Gasteiger partial charge in [0, 0.05) is 86.4 Å². The highest BCUT2D eigenvalue weighted by Crippen LogP contribution is 2.43. The summed E-state index contributed by atoms with van der Waals surface area (Å²) in [4.78, 5) is 38.9. The molecular weight excluding hydrogens is 754 g/mol. The topological polar surface area (TPSA) is 100.0 Å². The Hall–Kier alpha value is -5.49. The van der Waals surface area contributed by atoms with Crippen LogP contribution in [0.2, 0.25) is 0 Å². The van der Waals surface area contributed by atoms with Gasteiger partial charge in [0.25, 0.3) is 11.8 Å². The fraction of sp³-hybridized carbons (Fsp3) is 0.348. The predicted molar refractivity (Wildman–Crippen MR) is 225 cm³/mol. The maximum Gasteiger partial charge on any atom is 0.264 e. The summed E-state index contributed by atoms with van der Waals surface area (Å²) in [6.45, 7) is 6.06. The number of phenols is 1. The normalized spacial score (nSPS) is 18.3. The monoisotopic (exact) mass is 801 g/mol. The van der Waals surface area contributed by atoms with Gasteiger partial charge in [-0.1, -0.05) is 24.3 Å². The molecule has 5 aromatic rings. The van der Waals surface area contributed by atoms with Gasteiger partial charge in [-0.2, -0.15) is 0 Å². The molecule has 0 bridgehead atoms. The molecule has 2 amide bonds. The van der Waals surface area contributed by atoms with Crippen molar-refractivity contribution < 1.29 is 28.9 Å². The van der Waals surface area contributed by atoms with Gasteiger partial charge in [0.2, 0.25) is 6.79 Å². The number of halogens is 1. The van der Waals surface area contributed by atoms with Crippen molar-refractivity contribution in [2.24, 2.45) is 0 Å². The van der Waals surface area contributed by atoms with Crippen LogP contribution in [0.1, 0.15) is 55.9 Å². The fourth-order valence-corrected chi connectivity index (χ4v) is 9.44. The van der Waals surface area contributed by atoms with E-state index in [2.05, 4.69) is 51.7 Å². The van der Waals surface area contributed by atoms with E-state index in [4.69, 9.17) is 14.2 Å². The van der Waals surface area contributed by atoms with Crippen LogP contribution in [-0.2, 0) is 37.1 Å². The standard InChI is InChI=1S/C46H47N5O6.ClH/c1-47-17-15-31-23-34(11-14-40(31)47)51(33-9-12-36(52)13-10-33)46(54)39-24-42(49-16-5-4-8-41(39)49)37-25-43-44(57-29-56-43)26-38(37)45(53)50-27-32-7-3-2-6-30(32)22-35(50)28-48-18-20-55-21-19-48;/h2-3,6-7,9-14,23-26,35,52H,4-5,8,15-22,27-29H2,1H3;1H/t35-;/m0./s1. The molecule has 1 saturated heterocycles. The first-order chi connectivity index (χ1) is 27.9. The number of aromatic hydroxyl groups is 1. The van der Waals surface area contributed by atoms with Gasteiger partial charge >= 0.3 is 0 Å². The Bertz CT molecular complexity index is 2370. The Balaban J connectivity index is 0.00000436. The molecule has 12 heteroatoms. The van der Waals surface area contributed by atoms with Crippen molar-refractivity contribution in [3.63, 3.8) is 0 Å². The zero-order chi connectivity index (χ0) is 38.6. The van der Waals surface area contributed by atoms with Crippen molar-refractivity contribution in [1.82, 2.24) is 14.4 Å². The highest BCUT2D eigenvalue weighted by Gasteiger charge is 2.36. The van der Waals surface area contributed by atoms with Gasteiger partial charge < -0.3 is 33.7 Å². The Kier molecular flexibility index (Phi) is 10.3. The van der Waals surface area contributed by atoms with Crippen molar-refractivity contribution in [1.29, 1.82) is 0 Å². The van der Waals surface area contributed by atoms with Gasteiger partial charge in [-0.15, -0.1) is 12.4 Å².